The van der Waals surface area contributed by atoms with Crippen molar-refractivity contribution in [3.63, 3.8) is 0 Å². The molecular formula is C15H14ClF5O3. The van der Waals surface area contributed by atoms with Crippen molar-refractivity contribution in [2.75, 3.05) is 0 Å². The Morgan fingerprint density at radius 3 is 2.62 bits per heavy atom. The summed E-state index contributed by atoms with van der Waals surface area (Å²) in [7, 11) is 0. The number of carbonyl (C=O) groups excluding carboxylic acids is 1. The minimum Gasteiger partial charge on any atom is -0.463 e. The molecule has 2 rings (SSSR count). The zero-order valence-corrected chi connectivity index (χ0v) is 13.4. The summed E-state index contributed by atoms with van der Waals surface area (Å²) in [5.41, 5.74) is -0.748. The highest BCUT2D eigenvalue weighted by molar-refractivity contribution is 6.30. The molecule has 0 spiro atoms. The van der Waals surface area contributed by atoms with Gasteiger partial charge in [0, 0.05) is 5.56 Å². The second-order valence-electron chi connectivity index (χ2n) is 6.06. The first-order chi connectivity index (χ1) is 11.0. The van der Waals surface area contributed by atoms with Crippen LogP contribution in [0.15, 0.2) is 27.9 Å². The molecule has 2 atom stereocenters. The maximum atomic E-state index is 12.6. The van der Waals surface area contributed by atoms with Crippen LogP contribution in [0.5, 0.6) is 0 Å². The minimum atomic E-state index is -4.68. The molecule has 1 aliphatic rings. The van der Waals surface area contributed by atoms with Gasteiger partial charge in [0.05, 0.1) is 12.2 Å². The topological polar surface area (TPSA) is 39.4 Å². The van der Waals surface area contributed by atoms with E-state index >= 15 is 0 Å². The number of esters is 1. The summed E-state index contributed by atoms with van der Waals surface area (Å²) in [6, 6.07) is 1.24. The van der Waals surface area contributed by atoms with Gasteiger partial charge in [-0.15, -0.1) is 0 Å². The number of furan rings is 1. The van der Waals surface area contributed by atoms with Gasteiger partial charge in [-0.1, -0.05) is 31.5 Å². The standard InChI is InChI=1S/C15H14ClF5O3/c1-14(2)8(5-9(16)15(19,20)21)10(14)13(22)24-6-7-3-4-23-11(7)12(17)18/h3-5,8,10,12H,6H2,1-2H3/t8-,10-/m0/s1. The summed E-state index contributed by atoms with van der Waals surface area (Å²) in [6.07, 6.45) is -5.71. The molecule has 0 radical (unpaired) electrons. The molecule has 1 saturated carbocycles. The van der Waals surface area contributed by atoms with Crippen LogP contribution < -0.4 is 0 Å². The quantitative estimate of drug-likeness (QED) is 0.525. The van der Waals surface area contributed by atoms with E-state index in [2.05, 4.69) is 4.42 Å². The fraction of sp³-hybridized carbons (Fsp3) is 0.533. The van der Waals surface area contributed by atoms with E-state index in [1.165, 1.54) is 6.07 Å². The lowest BCUT2D eigenvalue weighted by Gasteiger charge is -2.06. The third-order valence-corrected chi connectivity index (χ3v) is 4.45. The highest BCUT2D eigenvalue weighted by atomic mass is 35.5. The first-order valence-corrected chi connectivity index (χ1v) is 7.29. The molecule has 134 valence electrons. The Bertz CT molecular complexity index is 648. The second kappa shape index (κ2) is 6.38. The first-order valence-electron chi connectivity index (χ1n) is 6.91. The van der Waals surface area contributed by atoms with E-state index < -0.39 is 53.2 Å². The van der Waals surface area contributed by atoms with Gasteiger partial charge in [-0.05, 0) is 17.4 Å². The van der Waals surface area contributed by atoms with Gasteiger partial charge in [0.15, 0.2) is 5.76 Å². The molecule has 0 bridgehead atoms. The Morgan fingerprint density at radius 1 is 1.46 bits per heavy atom. The maximum Gasteiger partial charge on any atom is 0.426 e. The Balaban J connectivity index is 2.02. The van der Waals surface area contributed by atoms with E-state index in [1.54, 1.807) is 13.8 Å². The molecule has 3 nitrogen and oxygen atoms in total. The van der Waals surface area contributed by atoms with Crippen molar-refractivity contribution in [3.05, 3.63) is 34.8 Å². The monoisotopic (exact) mass is 372 g/mol. The van der Waals surface area contributed by atoms with Gasteiger partial charge in [0.25, 0.3) is 6.43 Å². The van der Waals surface area contributed by atoms with Gasteiger partial charge in [-0.25, -0.2) is 8.78 Å². The van der Waals surface area contributed by atoms with Gasteiger partial charge in [0.1, 0.15) is 11.6 Å². The highest BCUT2D eigenvalue weighted by Gasteiger charge is 2.62. The summed E-state index contributed by atoms with van der Waals surface area (Å²) in [4.78, 5) is 12.0. The summed E-state index contributed by atoms with van der Waals surface area (Å²) < 4.78 is 72.2. The van der Waals surface area contributed by atoms with Crippen molar-refractivity contribution in [1.82, 2.24) is 0 Å². The van der Waals surface area contributed by atoms with E-state index in [9.17, 15) is 26.7 Å². The van der Waals surface area contributed by atoms with Gasteiger partial charge in [-0.3, -0.25) is 4.79 Å². The third-order valence-electron chi connectivity index (χ3n) is 4.11. The van der Waals surface area contributed by atoms with E-state index in [-0.39, 0.29) is 5.56 Å². The minimum absolute atomic E-state index is 0.0113. The van der Waals surface area contributed by atoms with Crippen LogP contribution >= 0.6 is 11.6 Å². The molecule has 0 N–H and O–H groups in total. The van der Waals surface area contributed by atoms with Gasteiger partial charge < -0.3 is 9.15 Å². The predicted molar refractivity (Wildman–Crippen MR) is 74.2 cm³/mol. The fourth-order valence-corrected chi connectivity index (χ4v) is 2.72. The molecule has 1 aromatic heterocycles. The molecule has 0 aromatic carbocycles. The number of halogens is 6. The fourth-order valence-electron chi connectivity index (χ4n) is 2.59. The lowest BCUT2D eigenvalue weighted by molar-refractivity contribution is -0.147. The first kappa shape index (κ1) is 18.8. The molecule has 24 heavy (non-hydrogen) atoms. The van der Waals surface area contributed by atoms with E-state index in [0.29, 0.717) is 0 Å². The van der Waals surface area contributed by atoms with Crippen LogP contribution in [-0.2, 0) is 16.1 Å². The normalized spacial score (nSPS) is 23.5. The number of allylic oxidation sites excluding steroid dienone is 2. The lowest BCUT2D eigenvalue weighted by Crippen LogP contribution is -2.11. The van der Waals surface area contributed by atoms with Crippen molar-refractivity contribution < 1.29 is 35.9 Å². The van der Waals surface area contributed by atoms with Crippen LogP contribution in [0.3, 0.4) is 0 Å². The molecule has 0 unspecified atom stereocenters. The molecule has 1 aliphatic carbocycles. The molecule has 0 aliphatic heterocycles. The number of hydrogen-bond donors (Lipinski definition) is 0. The number of alkyl halides is 5. The van der Waals surface area contributed by atoms with E-state index in [1.807, 2.05) is 0 Å². The molecule has 1 heterocycles. The van der Waals surface area contributed by atoms with Gasteiger partial charge in [0.2, 0.25) is 0 Å². The van der Waals surface area contributed by atoms with E-state index in [4.69, 9.17) is 16.3 Å². The Labute approximate surface area is 139 Å². The average molecular weight is 373 g/mol. The van der Waals surface area contributed by atoms with Crippen LogP contribution in [0.1, 0.15) is 31.6 Å². The van der Waals surface area contributed by atoms with Crippen molar-refractivity contribution in [3.8, 4) is 0 Å². The van der Waals surface area contributed by atoms with Crippen LogP contribution in [-0.4, -0.2) is 12.1 Å². The maximum absolute atomic E-state index is 12.6. The average Bonchev–Trinajstić information content (AvgIpc) is 2.83. The van der Waals surface area contributed by atoms with Crippen LogP contribution in [0.4, 0.5) is 22.0 Å². The van der Waals surface area contributed by atoms with Gasteiger partial charge in [-0.2, -0.15) is 13.2 Å². The number of ether oxygens (including phenoxy) is 1. The summed E-state index contributed by atoms with van der Waals surface area (Å²) in [6.45, 7) is 2.76. The predicted octanol–water partition coefficient (Wildman–Crippen LogP) is 5.22. The largest absolute Gasteiger partial charge is 0.463 e. The molecule has 0 amide bonds. The zero-order valence-electron chi connectivity index (χ0n) is 12.7. The number of hydrogen-bond acceptors (Lipinski definition) is 3. The van der Waals surface area contributed by atoms with Crippen LogP contribution in [0, 0.1) is 17.3 Å². The number of carbonyl (C=O) groups is 1. The Morgan fingerprint density at radius 2 is 2.08 bits per heavy atom. The highest BCUT2D eigenvalue weighted by Crippen LogP contribution is 2.60. The Hall–Kier alpha value is -1.57. The lowest BCUT2D eigenvalue weighted by atomic mass is 10.1. The SMILES string of the molecule is CC1(C)[C@H](C(=O)OCc2ccoc2C(F)F)[C@@H]1C=C(Cl)C(F)(F)F. The van der Waals surface area contributed by atoms with Crippen LogP contribution in [0.2, 0.25) is 0 Å². The van der Waals surface area contributed by atoms with Crippen molar-refractivity contribution in [1.29, 1.82) is 0 Å². The van der Waals surface area contributed by atoms with Crippen molar-refractivity contribution in [2.45, 2.75) is 33.1 Å². The molecule has 1 aromatic rings. The summed E-state index contributed by atoms with van der Waals surface area (Å²) >= 11 is 5.19. The zero-order chi connectivity index (χ0) is 18.3. The molecule has 0 saturated heterocycles. The smallest absolute Gasteiger partial charge is 0.426 e. The molecular weight excluding hydrogens is 359 g/mol. The summed E-state index contributed by atoms with van der Waals surface area (Å²) in [5, 5.41) is -1.30. The summed E-state index contributed by atoms with van der Waals surface area (Å²) in [5.74, 6) is -2.93. The van der Waals surface area contributed by atoms with Crippen molar-refractivity contribution in [2.24, 2.45) is 17.3 Å². The third kappa shape index (κ3) is 3.74. The van der Waals surface area contributed by atoms with Crippen molar-refractivity contribution >= 4 is 17.6 Å². The molecule has 1 fully saturated rings. The van der Waals surface area contributed by atoms with E-state index in [0.717, 1.165) is 12.3 Å². The van der Waals surface area contributed by atoms with Gasteiger partial charge >= 0.3 is 12.1 Å². The van der Waals surface area contributed by atoms with Crippen LogP contribution in [0.25, 0.3) is 0 Å². The Kier molecular flexibility index (Phi) is 4.99. The second-order valence-corrected chi connectivity index (χ2v) is 6.46. The molecule has 9 heteroatoms. The number of rotatable bonds is 5.